The maximum Gasteiger partial charge on any atom is 0.326 e. The van der Waals surface area contributed by atoms with Crippen LogP contribution < -0.4 is 11.1 Å². The summed E-state index contributed by atoms with van der Waals surface area (Å²) in [5.41, 5.74) is 5.60. The van der Waals surface area contributed by atoms with Gasteiger partial charge in [-0.2, -0.15) is 0 Å². The van der Waals surface area contributed by atoms with E-state index in [1.54, 1.807) is 6.92 Å². The molecule has 0 aliphatic heterocycles. The molecule has 4 N–H and O–H groups in total. The lowest BCUT2D eigenvalue weighted by atomic mass is 10.1. The van der Waals surface area contributed by atoms with Gasteiger partial charge in [0, 0.05) is 0 Å². The molecule has 1 amide bonds. The SMILES string of the molecule is CCCC[C@H](N)C(=O)NC(CC)C(=O)O. The Morgan fingerprint density at radius 1 is 1.40 bits per heavy atom. The van der Waals surface area contributed by atoms with Gasteiger partial charge >= 0.3 is 5.97 Å². The van der Waals surface area contributed by atoms with Crippen LogP contribution in [-0.4, -0.2) is 29.1 Å². The summed E-state index contributed by atoms with van der Waals surface area (Å²) in [6, 6.07) is -1.43. The molecule has 15 heavy (non-hydrogen) atoms. The van der Waals surface area contributed by atoms with Gasteiger partial charge in [-0.3, -0.25) is 4.79 Å². The summed E-state index contributed by atoms with van der Waals surface area (Å²) in [7, 11) is 0. The number of hydrogen-bond donors (Lipinski definition) is 3. The summed E-state index contributed by atoms with van der Waals surface area (Å²) in [5, 5.41) is 11.1. The van der Waals surface area contributed by atoms with Crippen LogP contribution in [0.2, 0.25) is 0 Å². The highest BCUT2D eigenvalue weighted by atomic mass is 16.4. The van der Waals surface area contributed by atoms with Crippen molar-refractivity contribution >= 4 is 11.9 Å². The lowest BCUT2D eigenvalue weighted by molar-refractivity contribution is -0.142. The lowest BCUT2D eigenvalue weighted by Crippen LogP contribution is -2.48. The second-order valence-electron chi connectivity index (χ2n) is 3.56. The van der Waals surface area contributed by atoms with E-state index in [0.29, 0.717) is 12.8 Å². The number of nitrogens with two attached hydrogens (primary N) is 1. The topological polar surface area (TPSA) is 92.4 Å². The number of aliphatic carboxylic acids is 1. The highest BCUT2D eigenvalue weighted by molar-refractivity contribution is 5.86. The molecule has 0 spiro atoms. The van der Waals surface area contributed by atoms with E-state index >= 15 is 0 Å². The van der Waals surface area contributed by atoms with Gasteiger partial charge in [0.1, 0.15) is 6.04 Å². The first-order valence-corrected chi connectivity index (χ1v) is 5.31. The summed E-state index contributed by atoms with van der Waals surface area (Å²) in [4.78, 5) is 22.1. The largest absolute Gasteiger partial charge is 0.480 e. The van der Waals surface area contributed by atoms with Crippen molar-refractivity contribution in [3.63, 3.8) is 0 Å². The van der Waals surface area contributed by atoms with Crippen molar-refractivity contribution in [2.45, 2.75) is 51.6 Å². The number of amides is 1. The summed E-state index contributed by atoms with van der Waals surface area (Å²) in [5.74, 6) is -1.40. The van der Waals surface area contributed by atoms with Gasteiger partial charge in [0.15, 0.2) is 0 Å². The van der Waals surface area contributed by atoms with Crippen LogP contribution in [0.1, 0.15) is 39.5 Å². The van der Waals surface area contributed by atoms with Crippen LogP contribution in [0.25, 0.3) is 0 Å². The van der Waals surface area contributed by atoms with Crippen LogP contribution in [0, 0.1) is 0 Å². The molecular formula is C10H20N2O3. The normalized spacial score (nSPS) is 14.3. The maximum atomic E-state index is 11.4. The summed E-state index contributed by atoms with van der Waals surface area (Å²) in [6.45, 7) is 3.72. The van der Waals surface area contributed by atoms with Crippen molar-refractivity contribution in [1.29, 1.82) is 0 Å². The molecule has 0 aliphatic rings. The fourth-order valence-corrected chi connectivity index (χ4v) is 1.17. The Labute approximate surface area is 90.0 Å². The van der Waals surface area contributed by atoms with Gasteiger partial charge in [0.2, 0.25) is 5.91 Å². The van der Waals surface area contributed by atoms with E-state index in [-0.39, 0.29) is 5.91 Å². The highest BCUT2D eigenvalue weighted by Gasteiger charge is 2.20. The first kappa shape index (κ1) is 13.9. The molecule has 0 aromatic rings. The third-order valence-corrected chi connectivity index (χ3v) is 2.23. The second kappa shape index (κ2) is 7.23. The molecule has 88 valence electrons. The summed E-state index contributed by atoms with van der Waals surface area (Å²) in [6.07, 6.45) is 2.80. The van der Waals surface area contributed by atoms with E-state index in [1.807, 2.05) is 6.92 Å². The maximum absolute atomic E-state index is 11.4. The average Bonchev–Trinajstić information content (AvgIpc) is 2.21. The minimum absolute atomic E-state index is 0.363. The molecule has 0 aliphatic carbocycles. The molecular weight excluding hydrogens is 196 g/mol. The van der Waals surface area contributed by atoms with Crippen LogP contribution in [0.15, 0.2) is 0 Å². The molecule has 5 heteroatoms. The summed E-state index contributed by atoms with van der Waals surface area (Å²) >= 11 is 0. The monoisotopic (exact) mass is 216 g/mol. The van der Waals surface area contributed by atoms with Crippen molar-refractivity contribution in [3.05, 3.63) is 0 Å². The molecule has 0 saturated carbocycles. The number of nitrogens with one attached hydrogen (secondary N) is 1. The smallest absolute Gasteiger partial charge is 0.326 e. The molecule has 1 unspecified atom stereocenters. The van der Waals surface area contributed by atoms with E-state index < -0.39 is 18.1 Å². The molecule has 0 rings (SSSR count). The molecule has 0 heterocycles. The minimum atomic E-state index is -1.02. The minimum Gasteiger partial charge on any atom is -0.480 e. The van der Waals surface area contributed by atoms with Crippen LogP contribution in [0.4, 0.5) is 0 Å². The standard InChI is InChI=1S/C10H20N2O3/c1-3-5-6-7(11)9(13)12-8(4-2)10(14)15/h7-8H,3-6,11H2,1-2H3,(H,12,13)(H,14,15)/t7-,8?/m0/s1. The number of rotatable bonds is 7. The van der Waals surface area contributed by atoms with Gasteiger partial charge in [0.25, 0.3) is 0 Å². The van der Waals surface area contributed by atoms with Crippen molar-refractivity contribution in [1.82, 2.24) is 5.32 Å². The van der Waals surface area contributed by atoms with Crippen molar-refractivity contribution in [2.75, 3.05) is 0 Å². The molecule has 0 saturated heterocycles. The molecule has 0 fully saturated rings. The van der Waals surface area contributed by atoms with Gasteiger partial charge in [-0.15, -0.1) is 0 Å². The van der Waals surface area contributed by atoms with E-state index in [2.05, 4.69) is 5.32 Å². The molecule has 0 bridgehead atoms. The zero-order valence-electron chi connectivity index (χ0n) is 9.32. The van der Waals surface area contributed by atoms with Crippen LogP contribution in [-0.2, 0) is 9.59 Å². The average molecular weight is 216 g/mol. The van der Waals surface area contributed by atoms with E-state index in [9.17, 15) is 9.59 Å². The Bertz CT molecular complexity index is 219. The highest BCUT2D eigenvalue weighted by Crippen LogP contribution is 1.99. The molecule has 0 aromatic heterocycles. The number of carboxylic acids is 1. The molecule has 5 nitrogen and oxygen atoms in total. The quantitative estimate of drug-likeness (QED) is 0.577. The zero-order valence-corrected chi connectivity index (χ0v) is 9.32. The third kappa shape index (κ3) is 5.37. The van der Waals surface area contributed by atoms with Gasteiger partial charge in [-0.25, -0.2) is 4.79 Å². The van der Waals surface area contributed by atoms with Crippen LogP contribution in [0.3, 0.4) is 0 Å². The van der Waals surface area contributed by atoms with E-state index in [0.717, 1.165) is 12.8 Å². The summed E-state index contributed by atoms with van der Waals surface area (Å²) < 4.78 is 0. The first-order valence-electron chi connectivity index (χ1n) is 5.31. The fraction of sp³-hybridized carbons (Fsp3) is 0.800. The zero-order chi connectivity index (χ0) is 11.8. The third-order valence-electron chi connectivity index (χ3n) is 2.23. The predicted molar refractivity (Wildman–Crippen MR) is 57.4 cm³/mol. The van der Waals surface area contributed by atoms with E-state index in [1.165, 1.54) is 0 Å². The number of carboxylic acid groups (broad SMARTS) is 1. The van der Waals surface area contributed by atoms with Crippen molar-refractivity contribution in [3.8, 4) is 0 Å². The van der Waals surface area contributed by atoms with E-state index in [4.69, 9.17) is 10.8 Å². The number of hydrogen-bond acceptors (Lipinski definition) is 3. The second-order valence-corrected chi connectivity index (χ2v) is 3.56. The molecule has 0 aromatic carbocycles. The Morgan fingerprint density at radius 3 is 2.40 bits per heavy atom. The van der Waals surface area contributed by atoms with Gasteiger partial charge in [-0.05, 0) is 12.8 Å². The van der Waals surface area contributed by atoms with Crippen molar-refractivity contribution < 1.29 is 14.7 Å². The van der Waals surface area contributed by atoms with Crippen LogP contribution >= 0.6 is 0 Å². The Hall–Kier alpha value is -1.10. The van der Waals surface area contributed by atoms with Gasteiger partial charge < -0.3 is 16.2 Å². The van der Waals surface area contributed by atoms with Crippen molar-refractivity contribution in [2.24, 2.45) is 5.73 Å². The first-order chi connectivity index (χ1) is 7.02. The van der Waals surface area contributed by atoms with Crippen LogP contribution in [0.5, 0.6) is 0 Å². The number of carbonyl (C=O) groups excluding carboxylic acids is 1. The fourth-order valence-electron chi connectivity index (χ4n) is 1.17. The lowest BCUT2D eigenvalue weighted by Gasteiger charge is -2.16. The van der Waals surface area contributed by atoms with Gasteiger partial charge in [0.05, 0.1) is 6.04 Å². The molecule has 2 atom stereocenters. The number of unbranched alkanes of at least 4 members (excludes halogenated alkanes) is 1. The Balaban J connectivity index is 4.04. The molecule has 0 radical (unpaired) electrons. The Kier molecular flexibility index (Phi) is 6.70. The Morgan fingerprint density at radius 2 is 2.00 bits per heavy atom. The number of carbonyl (C=O) groups is 2. The predicted octanol–water partition coefficient (Wildman–Crippen LogP) is 0.483. The van der Waals surface area contributed by atoms with Gasteiger partial charge in [-0.1, -0.05) is 26.7 Å².